The second-order valence-electron chi connectivity index (χ2n) is 3.64. The first-order valence-electron chi connectivity index (χ1n) is 4.42. The van der Waals surface area contributed by atoms with Crippen molar-refractivity contribution in [3.05, 3.63) is 0 Å². The van der Waals surface area contributed by atoms with Crippen LogP contribution in [0.2, 0.25) is 0 Å². The molecule has 0 N–H and O–H groups in total. The zero-order valence-corrected chi connectivity index (χ0v) is 9.98. The van der Waals surface area contributed by atoms with Crippen molar-refractivity contribution in [1.29, 1.82) is 0 Å². The van der Waals surface area contributed by atoms with Crippen LogP contribution in [-0.4, -0.2) is 37.4 Å². The fourth-order valence-corrected chi connectivity index (χ4v) is 2.11. The van der Waals surface area contributed by atoms with Crippen molar-refractivity contribution >= 4 is 22.7 Å². The minimum Gasteiger partial charge on any atom is -0.348 e. The molecule has 78 valence electrons. The Bertz CT molecular complexity index is 157. The third kappa shape index (κ3) is 3.67. The predicted molar refractivity (Wildman–Crippen MR) is 58.7 cm³/mol. The summed E-state index contributed by atoms with van der Waals surface area (Å²) in [5, 5.41) is 0. The Hall–Kier alpha value is 0.580. The molecule has 5 heteroatoms. The second kappa shape index (κ2) is 5.46. The van der Waals surface area contributed by atoms with Gasteiger partial charge in [0.2, 0.25) is 0 Å². The summed E-state index contributed by atoms with van der Waals surface area (Å²) < 4.78 is 10.9. The van der Waals surface area contributed by atoms with E-state index in [2.05, 4.69) is 37.6 Å². The zero-order chi connectivity index (χ0) is 9.84. The number of ether oxygens (including phenoxy) is 1. The van der Waals surface area contributed by atoms with Crippen LogP contribution in [0.3, 0.4) is 0 Å². The summed E-state index contributed by atoms with van der Waals surface area (Å²) in [5.41, 5.74) is 0. The molecule has 1 aliphatic heterocycles. The van der Waals surface area contributed by atoms with E-state index in [1.165, 1.54) is 0 Å². The topological polar surface area (TPSA) is 21.7 Å². The van der Waals surface area contributed by atoms with Gasteiger partial charge in [0.15, 0.2) is 6.29 Å². The Balaban J connectivity index is 2.42. The molecule has 3 atom stereocenters. The van der Waals surface area contributed by atoms with Gasteiger partial charge in [0.25, 0.3) is 0 Å². The summed E-state index contributed by atoms with van der Waals surface area (Å²) in [6, 6.07) is 0.550. The average Bonchev–Trinajstić information content (AvgIpc) is 2.03. The third-order valence-corrected chi connectivity index (χ3v) is 2.89. The highest BCUT2D eigenvalue weighted by Crippen LogP contribution is 2.26. The Morgan fingerprint density at radius 3 is 2.69 bits per heavy atom. The molecule has 1 fully saturated rings. The van der Waals surface area contributed by atoms with Crippen LogP contribution >= 0.6 is 22.7 Å². The maximum absolute atomic E-state index is 5.59. The number of nitrogens with zero attached hydrogens (tertiary/aromatic N) is 1. The summed E-state index contributed by atoms with van der Waals surface area (Å²) in [6.45, 7) is 2.08. The van der Waals surface area contributed by atoms with Gasteiger partial charge in [0.1, 0.15) is 0 Å². The molecule has 0 amide bonds. The van der Waals surface area contributed by atoms with Crippen LogP contribution in [0.25, 0.3) is 0 Å². The van der Waals surface area contributed by atoms with Crippen molar-refractivity contribution in [2.24, 2.45) is 0 Å². The van der Waals surface area contributed by atoms with E-state index in [9.17, 15) is 0 Å². The standard InChI is InChI=1S/C8H17NO2S2/c1-6-4-7(9(2)3)5-8(10-6)11-13-12/h6-8,12H,4-5H2,1-3H3. The SMILES string of the molecule is CC1CC(N(C)C)CC(OSS)O1. The molecule has 1 rings (SSSR count). The summed E-state index contributed by atoms with van der Waals surface area (Å²) in [5.74, 6) is 0. The summed E-state index contributed by atoms with van der Waals surface area (Å²) in [6.07, 6.45) is 2.15. The maximum Gasteiger partial charge on any atom is 0.173 e. The van der Waals surface area contributed by atoms with Crippen LogP contribution in [-0.2, 0) is 8.92 Å². The van der Waals surface area contributed by atoms with Gasteiger partial charge in [-0.05, 0) is 27.4 Å². The average molecular weight is 223 g/mol. The first kappa shape index (κ1) is 11.7. The van der Waals surface area contributed by atoms with Crippen LogP contribution < -0.4 is 0 Å². The minimum atomic E-state index is -0.112. The minimum absolute atomic E-state index is 0.112. The first-order valence-corrected chi connectivity index (χ1v) is 6.21. The Kier molecular flexibility index (Phi) is 4.89. The second-order valence-corrected chi connectivity index (χ2v) is 4.42. The van der Waals surface area contributed by atoms with Gasteiger partial charge in [-0.25, -0.2) is 0 Å². The van der Waals surface area contributed by atoms with Gasteiger partial charge in [-0.2, -0.15) is 0 Å². The monoisotopic (exact) mass is 223 g/mol. The molecule has 3 nitrogen and oxygen atoms in total. The van der Waals surface area contributed by atoms with Crippen LogP contribution in [0.5, 0.6) is 0 Å². The smallest absolute Gasteiger partial charge is 0.173 e. The molecule has 0 aromatic rings. The van der Waals surface area contributed by atoms with Crippen LogP contribution in [0.4, 0.5) is 0 Å². The van der Waals surface area contributed by atoms with Gasteiger partial charge in [0.05, 0.1) is 17.2 Å². The van der Waals surface area contributed by atoms with E-state index in [1.54, 1.807) is 0 Å². The molecule has 13 heavy (non-hydrogen) atoms. The van der Waals surface area contributed by atoms with E-state index >= 15 is 0 Å². The highest BCUT2D eigenvalue weighted by atomic mass is 33.1. The lowest BCUT2D eigenvalue weighted by Gasteiger charge is -2.36. The quantitative estimate of drug-likeness (QED) is 0.448. The Morgan fingerprint density at radius 1 is 1.46 bits per heavy atom. The molecule has 0 aromatic carbocycles. The number of rotatable bonds is 3. The van der Waals surface area contributed by atoms with Gasteiger partial charge in [-0.1, -0.05) is 11.7 Å². The molecule has 3 unspecified atom stereocenters. The van der Waals surface area contributed by atoms with Gasteiger partial charge in [0, 0.05) is 12.5 Å². The highest BCUT2D eigenvalue weighted by molar-refractivity contribution is 8.66. The number of hydrogen-bond acceptors (Lipinski definition) is 5. The van der Waals surface area contributed by atoms with Crippen LogP contribution in [0.15, 0.2) is 0 Å². The van der Waals surface area contributed by atoms with Crippen molar-refractivity contribution in [3.63, 3.8) is 0 Å². The molecular formula is C8H17NO2S2. The van der Waals surface area contributed by atoms with Gasteiger partial charge >= 0.3 is 0 Å². The Labute approximate surface area is 89.2 Å². The van der Waals surface area contributed by atoms with Gasteiger partial charge in [-0.3, -0.25) is 4.18 Å². The van der Waals surface area contributed by atoms with E-state index in [4.69, 9.17) is 8.92 Å². The molecule has 1 aliphatic rings. The summed E-state index contributed by atoms with van der Waals surface area (Å²) >= 11 is 5.02. The van der Waals surface area contributed by atoms with Crippen molar-refractivity contribution in [2.75, 3.05) is 14.1 Å². The molecule has 1 saturated heterocycles. The first-order chi connectivity index (χ1) is 6.13. The molecule has 0 aromatic heterocycles. The van der Waals surface area contributed by atoms with Crippen molar-refractivity contribution < 1.29 is 8.92 Å². The summed E-state index contributed by atoms with van der Waals surface area (Å²) in [7, 11) is 4.18. The van der Waals surface area contributed by atoms with E-state index in [0.717, 1.165) is 23.9 Å². The Morgan fingerprint density at radius 2 is 2.15 bits per heavy atom. The zero-order valence-electron chi connectivity index (χ0n) is 8.27. The number of thiol groups is 1. The van der Waals surface area contributed by atoms with E-state index in [1.807, 2.05) is 0 Å². The fourth-order valence-electron chi connectivity index (χ4n) is 1.60. The lowest BCUT2D eigenvalue weighted by Crippen LogP contribution is -2.41. The van der Waals surface area contributed by atoms with E-state index < -0.39 is 0 Å². The van der Waals surface area contributed by atoms with Crippen molar-refractivity contribution in [3.8, 4) is 0 Å². The largest absolute Gasteiger partial charge is 0.348 e. The maximum atomic E-state index is 5.59. The molecule has 0 saturated carbocycles. The van der Waals surface area contributed by atoms with Crippen LogP contribution in [0.1, 0.15) is 19.8 Å². The van der Waals surface area contributed by atoms with E-state index in [0.29, 0.717) is 6.04 Å². The predicted octanol–water partition coefficient (Wildman–Crippen LogP) is 1.95. The van der Waals surface area contributed by atoms with Crippen molar-refractivity contribution in [1.82, 2.24) is 4.90 Å². The normalized spacial score (nSPS) is 35.3. The number of hydrogen-bond donors (Lipinski definition) is 1. The van der Waals surface area contributed by atoms with Gasteiger partial charge < -0.3 is 9.64 Å². The summed E-state index contributed by atoms with van der Waals surface area (Å²) in [4.78, 5) is 2.22. The molecule has 0 bridgehead atoms. The lowest BCUT2D eigenvalue weighted by molar-refractivity contribution is -0.150. The van der Waals surface area contributed by atoms with E-state index in [-0.39, 0.29) is 12.4 Å². The molecule has 1 heterocycles. The molecule has 0 radical (unpaired) electrons. The van der Waals surface area contributed by atoms with Crippen molar-refractivity contribution in [2.45, 2.75) is 38.2 Å². The highest BCUT2D eigenvalue weighted by Gasteiger charge is 2.28. The fraction of sp³-hybridized carbons (Fsp3) is 1.00. The lowest BCUT2D eigenvalue weighted by atomic mass is 10.0. The third-order valence-electron chi connectivity index (χ3n) is 2.33. The molecular weight excluding hydrogens is 206 g/mol. The van der Waals surface area contributed by atoms with Gasteiger partial charge in [-0.15, -0.1) is 0 Å². The molecule has 0 aliphatic carbocycles. The van der Waals surface area contributed by atoms with Crippen LogP contribution in [0, 0.1) is 0 Å². The molecule has 0 spiro atoms.